The van der Waals surface area contributed by atoms with Gasteiger partial charge in [-0.05, 0) is 61.0 Å². The van der Waals surface area contributed by atoms with E-state index in [9.17, 15) is 14.0 Å². The van der Waals surface area contributed by atoms with E-state index in [2.05, 4.69) is 0 Å². The fourth-order valence-corrected chi connectivity index (χ4v) is 5.32. The Morgan fingerprint density at radius 1 is 1.14 bits per heavy atom. The van der Waals surface area contributed by atoms with E-state index in [1.807, 2.05) is 42.6 Å². The summed E-state index contributed by atoms with van der Waals surface area (Å²) in [6.07, 6.45) is 1.29. The normalized spacial score (nSPS) is 14.9. The highest BCUT2D eigenvalue weighted by Gasteiger charge is 2.34. The first-order valence-electron chi connectivity index (χ1n) is 12.1. The molecule has 6 nitrogen and oxygen atoms in total. The topological polar surface area (TPSA) is 59.1 Å². The van der Waals surface area contributed by atoms with Crippen molar-refractivity contribution in [1.29, 1.82) is 0 Å². The van der Waals surface area contributed by atoms with E-state index >= 15 is 0 Å². The minimum Gasteiger partial charge on any atom is -0.491 e. The molecular formula is C28H31FN2O4S. The Morgan fingerprint density at radius 2 is 1.92 bits per heavy atom. The average molecular weight is 511 g/mol. The summed E-state index contributed by atoms with van der Waals surface area (Å²) >= 11 is 1.68. The number of nitrogens with zero attached hydrogens (tertiary/aromatic N) is 2. The van der Waals surface area contributed by atoms with E-state index in [1.54, 1.807) is 29.4 Å². The maximum Gasteiger partial charge on any atom is 0.257 e. The molecule has 3 aromatic rings. The summed E-state index contributed by atoms with van der Waals surface area (Å²) in [5.74, 6) is -0.548. The standard InChI is InChI=1S/C28H31FN2O4S/c1-20-8-10-21(11-9-20)35-19-25-23-13-17-36-26(23)12-15-31(25)27(32)18-30(14-5-16-34-2)28(33)22-6-3-4-7-24(22)29/h3-4,6-11,13,17,25H,5,12,14-16,18-19H2,1-2H3/t25-/m0/s1. The number of aryl methyl sites for hydroxylation is 1. The van der Waals surface area contributed by atoms with E-state index in [-0.39, 0.29) is 30.6 Å². The number of amides is 2. The molecule has 2 aromatic carbocycles. The summed E-state index contributed by atoms with van der Waals surface area (Å²) in [5, 5.41) is 2.04. The lowest BCUT2D eigenvalue weighted by Crippen LogP contribution is -2.48. The predicted octanol–water partition coefficient (Wildman–Crippen LogP) is 4.88. The zero-order valence-electron chi connectivity index (χ0n) is 20.6. The summed E-state index contributed by atoms with van der Waals surface area (Å²) in [5.41, 5.74) is 2.18. The van der Waals surface area contributed by atoms with Gasteiger partial charge < -0.3 is 19.3 Å². The molecule has 190 valence electrons. The molecule has 0 bridgehead atoms. The van der Waals surface area contributed by atoms with Gasteiger partial charge in [0.1, 0.15) is 24.7 Å². The molecule has 1 aromatic heterocycles. The predicted molar refractivity (Wildman–Crippen MR) is 138 cm³/mol. The molecule has 1 atom stereocenters. The van der Waals surface area contributed by atoms with Crippen molar-refractivity contribution in [2.24, 2.45) is 0 Å². The summed E-state index contributed by atoms with van der Waals surface area (Å²) < 4.78 is 25.6. The second-order valence-corrected chi connectivity index (χ2v) is 9.83. The Morgan fingerprint density at radius 3 is 2.67 bits per heavy atom. The first kappa shape index (κ1) is 25.9. The number of thiophene rings is 1. The smallest absolute Gasteiger partial charge is 0.257 e. The van der Waals surface area contributed by atoms with Crippen molar-refractivity contribution >= 4 is 23.2 Å². The fraction of sp³-hybridized carbons (Fsp3) is 0.357. The molecule has 2 amide bonds. The van der Waals surface area contributed by atoms with Gasteiger partial charge in [0.15, 0.2) is 0 Å². The molecule has 0 N–H and O–H groups in total. The molecule has 8 heteroatoms. The first-order valence-corrected chi connectivity index (χ1v) is 12.9. The van der Waals surface area contributed by atoms with Gasteiger partial charge >= 0.3 is 0 Å². The van der Waals surface area contributed by atoms with Crippen LogP contribution in [0.4, 0.5) is 4.39 Å². The summed E-state index contributed by atoms with van der Waals surface area (Å²) in [7, 11) is 1.58. The zero-order chi connectivity index (χ0) is 25.5. The van der Waals surface area contributed by atoms with Crippen LogP contribution in [0.25, 0.3) is 0 Å². The molecule has 0 radical (unpaired) electrons. The average Bonchev–Trinajstić information content (AvgIpc) is 3.37. The Balaban J connectivity index is 1.52. The molecule has 0 unspecified atom stereocenters. The summed E-state index contributed by atoms with van der Waals surface area (Å²) in [6, 6.07) is 15.5. The van der Waals surface area contributed by atoms with Gasteiger partial charge in [0, 0.05) is 31.7 Å². The lowest BCUT2D eigenvalue weighted by molar-refractivity contribution is -0.135. The van der Waals surface area contributed by atoms with Crippen molar-refractivity contribution in [3.8, 4) is 5.75 Å². The van der Waals surface area contributed by atoms with Gasteiger partial charge in [-0.25, -0.2) is 4.39 Å². The number of methoxy groups -OCH3 is 1. The summed E-state index contributed by atoms with van der Waals surface area (Å²) in [6.45, 7) is 3.44. The molecule has 1 aliphatic heterocycles. The number of benzene rings is 2. The number of hydrogen-bond donors (Lipinski definition) is 0. The molecule has 4 rings (SSSR count). The van der Waals surface area contributed by atoms with Crippen molar-refractivity contribution in [1.82, 2.24) is 9.80 Å². The third-order valence-electron chi connectivity index (χ3n) is 6.34. The quantitative estimate of drug-likeness (QED) is 0.365. The van der Waals surface area contributed by atoms with E-state index in [0.29, 0.717) is 26.2 Å². The monoisotopic (exact) mass is 510 g/mol. The fourth-order valence-electron chi connectivity index (χ4n) is 4.40. The number of carbonyl (C=O) groups excluding carboxylic acids is 2. The van der Waals surface area contributed by atoms with Gasteiger partial charge in [0.2, 0.25) is 5.91 Å². The van der Waals surface area contributed by atoms with Crippen LogP contribution in [-0.2, 0) is 16.0 Å². The van der Waals surface area contributed by atoms with Gasteiger partial charge in [-0.3, -0.25) is 9.59 Å². The number of hydrogen-bond acceptors (Lipinski definition) is 5. The number of fused-ring (bicyclic) bond motifs is 1. The van der Waals surface area contributed by atoms with E-state index in [4.69, 9.17) is 9.47 Å². The van der Waals surface area contributed by atoms with Crippen LogP contribution in [0.1, 0.15) is 38.8 Å². The van der Waals surface area contributed by atoms with Gasteiger partial charge in [-0.1, -0.05) is 29.8 Å². The second kappa shape index (κ2) is 12.1. The van der Waals surface area contributed by atoms with Crippen LogP contribution in [0.15, 0.2) is 60.0 Å². The van der Waals surface area contributed by atoms with E-state index < -0.39 is 11.7 Å². The highest BCUT2D eigenvalue weighted by molar-refractivity contribution is 7.10. The Hall–Kier alpha value is -3.23. The second-order valence-electron chi connectivity index (χ2n) is 8.83. The van der Waals surface area contributed by atoms with Gasteiger partial charge in [-0.15, -0.1) is 11.3 Å². The molecule has 0 spiro atoms. The number of rotatable bonds is 10. The van der Waals surface area contributed by atoms with Gasteiger partial charge in [0.25, 0.3) is 5.91 Å². The third-order valence-corrected chi connectivity index (χ3v) is 7.33. The zero-order valence-corrected chi connectivity index (χ0v) is 21.4. The van der Waals surface area contributed by atoms with Crippen LogP contribution >= 0.6 is 11.3 Å². The van der Waals surface area contributed by atoms with Crippen molar-refractivity contribution in [2.75, 3.05) is 40.0 Å². The van der Waals surface area contributed by atoms with Gasteiger partial charge in [-0.2, -0.15) is 0 Å². The van der Waals surface area contributed by atoms with Crippen LogP contribution < -0.4 is 4.74 Å². The molecule has 0 saturated carbocycles. The highest BCUT2D eigenvalue weighted by Crippen LogP contribution is 2.34. The van der Waals surface area contributed by atoms with Crippen LogP contribution in [0.5, 0.6) is 5.75 Å². The Kier molecular flexibility index (Phi) is 8.72. The molecule has 0 fully saturated rings. The largest absolute Gasteiger partial charge is 0.491 e. The van der Waals surface area contributed by atoms with Crippen molar-refractivity contribution < 1.29 is 23.5 Å². The minimum atomic E-state index is -0.600. The molecule has 36 heavy (non-hydrogen) atoms. The maximum atomic E-state index is 14.4. The third kappa shape index (κ3) is 6.12. The molecule has 0 aliphatic carbocycles. The minimum absolute atomic E-state index is 0.0410. The molecular weight excluding hydrogens is 479 g/mol. The number of carbonyl (C=O) groups is 2. The summed E-state index contributed by atoms with van der Waals surface area (Å²) in [4.78, 5) is 31.3. The van der Waals surface area contributed by atoms with Crippen molar-refractivity contribution in [2.45, 2.75) is 25.8 Å². The van der Waals surface area contributed by atoms with Crippen LogP contribution in [-0.4, -0.2) is 61.6 Å². The number of ether oxygens (including phenoxy) is 2. The maximum absolute atomic E-state index is 14.4. The number of halogens is 1. The molecule has 1 aliphatic rings. The van der Waals surface area contributed by atoms with Gasteiger partial charge in [0.05, 0.1) is 11.6 Å². The van der Waals surface area contributed by atoms with Crippen molar-refractivity contribution in [3.05, 3.63) is 87.4 Å². The first-order chi connectivity index (χ1) is 17.5. The van der Waals surface area contributed by atoms with E-state index in [1.165, 1.54) is 28.0 Å². The highest BCUT2D eigenvalue weighted by atomic mass is 32.1. The lowest BCUT2D eigenvalue weighted by Gasteiger charge is -2.37. The van der Waals surface area contributed by atoms with Crippen LogP contribution in [0, 0.1) is 12.7 Å². The Bertz CT molecular complexity index is 1180. The SMILES string of the molecule is COCCCN(CC(=O)N1CCc2sccc2[C@@H]1COc1ccc(C)cc1)C(=O)c1ccccc1F. The lowest BCUT2D eigenvalue weighted by atomic mass is 10.00. The molecule has 2 heterocycles. The molecule has 0 saturated heterocycles. The Labute approximate surface area is 215 Å². The van der Waals surface area contributed by atoms with Crippen LogP contribution in [0.2, 0.25) is 0 Å². The van der Waals surface area contributed by atoms with Crippen LogP contribution in [0.3, 0.4) is 0 Å². The van der Waals surface area contributed by atoms with E-state index in [0.717, 1.165) is 23.3 Å². The van der Waals surface area contributed by atoms with Crippen molar-refractivity contribution in [3.63, 3.8) is 0 Å².